The molecule has 0 spiro atoms. The van der Waals surface area contributed by atoms with E-state index in [1.54, 1.807) is 18.2 Å². The number of nitrogens with one attached hydrogen (secondary N) is 2. The number of halogens is 3. The maximum Gasteiger partial charge on any atom is 0.243 e. The number of hydrogen-bond acceptors (Lipinski definition) is 2. The number of carbonyl (C=O) groups excluding carboxylic acids is 1. The van der Waals surface area contributed by atoms with E-state index in [-0.39, 0.29) is 18.1 Å². The first-order valence-corrected chi connectivity index (χ1v) is 7.38. The van der Waals surface area contributed by atoms with Crippen LogP contribution in [0.15, 0.2) is 40.9 Å². The van der Waals surface area contributed by atoms with Crippen molar-refractivity contribution in [3.63, 3.8) is 0 Å². The summed E-state index contributed by atoms with van der Waals surface area (Å²) in [6.07, 6.45) is 0. The van der Waals surface area contributed by atoms with Crippen molar-refractivity contribution in [2.45, 2.75) is 6.92 Å². The van der Waals surface area contributed by atoms with Crippen LogP contribution in [0.25, 0.3) is 0 Å². The highest BCUT2D eigenvalue weighted by Gasteiger charge is 2.08. The molecule has 1 amide bonds. The lowest BCUT2D eigenvalue weighted by atomic mass is 10.2. The molecular weight excluding hydrogens is 359 g/mol. The molecule has 3 nitrogen and oxygen atoms in total. The Morgan fingerprint density at radius 1 is 1.24 bits per heavy atom. The lowest BCUT2D eigenvalue weighted by Crippen LogP contribution is -2.22. The highest BCUT2D eigenvalue weighted by atomic mass is 79.9. The number of aryl methyl sites for hydroxylation is 1. The number of benzene rings is 2. The van der Waals surface area contributed by atoms with Crippen molar-refractivity contribution >= 4 is 44.8 Å². The summed E-state index contributed by atoms with van der Waals surface area (Å²) in [5, 5.41) is 6.07. The third-order valence-electron chi connectivity index (χ3n) is 2.84. The second-order valence-corrected chi connectivity index (χ2v) is 5.84. The maximum absolute atomic E-state index is 13.6. The molecule has 0 saturated carbocycles. The molecule has 110 valence electrons. The second kappa shape index (κ2) is 6.91. The molecular formula is C15H13BrClFN2O. The Balaban J connectivity index is 1.97. The van der Waals surface area contributed by atoms with Gasteiger partial charge in [-0.1, -0.05) is 33.6 Å². The van der Waals surface area contributed by atoms with Gasteiger partial charge in [-0.15, -0.1) is 0 Å². The van der Waals surface area contributed by atoms with Gasteiger partial charge in [0.25, 0.3) is 0 Å². The van der Waals surface area contributed by atoms with Gasteiger partial charge in [0.05, 0.1) is 12.2 Å². The quantitative estimate of drug-likeness (QED) is 0.824. The van der Waals surface area contributed by atoms with Crippen molar-refractivity contribution in [2.75, 3.05) is 17.2 Å². The average molecular weight is 372 g/mol. The van der Waals surface area contributed by atoms with Crippen LogP contribution in [0.1, 0.15) is 5.56 Å². The van der Waals surface area contributed by atoms with E-state index in [0.717, 1.165) is 11.3 Å². The van der Waals surface area contributed by atoms with Crippen LogP contribution in [-0.2, 0) is 4.79 Å². The van der Waals surface area contributed by atoms with Gasteiger partial charge in [0.15, 0.2) is 0 Å². The van der Waals surface area contributed by atoms with Crippen LogP contribution in [0.3, 0.4) is 0 Å². The van der Waals surface area contributed by atoms with E-state index in [4.69, 9.17) is 11.6 Å². The van der Waals surface area contributed by atoms with Crippen LogP contribution in [-0.4, -0.2) is 12.5 Å². The highest BCUT2D eigenvalue weighted by Crippen LogP contribution is 2.21. The molecule has 0 saturated heterocycles. The van der Waals surface area contributed by atoms with E-state index >= 15 is 0 Å². The van der Waals surface area contributed by atoms with E-state index in [9.17, 15) is 9.18 Å². The largest absolute Gasteiger partial charge is 0.376 e. The minimum atomic E-state index is -0.489. The Morgan fingerprint density at radius 2 is 2.00 bits per heavy atom. The molecule has 2 aromatic carbocycles. The fourth-order valence-corrected chi connectivity index (χ4v) is 2.25. The molecule has 6 heteroatoms. The van der Waals surface area contributed by atoms with E-state index in [0.29, 0.717) is 9.50 Å². The van der Waals surface area contributed by atoms with Gasteiger partial charge in [-0.05, 0) is 42.8 Å². The fraction of sp³-hybridized carbons (Fsp3) is 0.133. The molecule has 2 N–H and O–H groups in total. The Kier molecular flexibility index (Phi) is 5.20. The predicted octanol–water partition coefficient (Wildman–Crippen LogP) is 4.60. The van der Waals surface area contributed by atoms with E-state index < -0.39 is 5.82 Å². The van der Waals surface area contributed by atoms with Crippen LogP contribution >= 0.6 is 27.5 Å². The number of amides is 1. The molecule has 0 aromatic heterocycles. The fourth-order valence-electron chi connectivity index (χ4n) is 1.75. The summed E-state index contributed by atoms with van der Waals surface area (Å²) in [5.74, 6) is -0.827. The van der Waals surface area contributed by atoms with Gasteiger partial charge in [0.1, 0.15) is 5.82 Å². The van der Waals surface area contributed by atoms with Crippen molar-refractivity contribution < 1.29 is 9.18 Å². The zero-order valence-electron chi connectivity index (χ0n) is 11.2. The Bertz CT molecular complexity index is 679. The van der Waals surface area contributed by atoms with Gasteiger partial charge in [0, 0.05) is 15.2 Å². The smallest absolute Gasteiger partial charge is 0.243 e. The standard InChI is InChI=1S/C15H13BrClFN2O/c1-9-2-4-11(17)7-14(9)19-8-15(21)20-13-5-3-10(16)6-12(13)18/h2-7,19H,8H2,1H3,(H,20,21). The summed E-state index contributed by atoms with van der Waals surface area (Å²) in [5.41, 5.74) is 1.89. The molecule has 2 aromatic rings. The zero-order valence-corrected chi connectivity index (χ0v) is 13.6. The summed E-state index contributed by atoms with van der Waals surface area (Å²) in [6.45, 7) is 1.93. The minimum Gasteiger partial charge on any atom is -0.376 e. The molecule has 0 aliphatic heterocycles. The first-order chi connectivity index (χ1) is 9.95. The lowest BCUT2D eigenvalue weighted by molar-refractivity contribution is -0.114. The van der Waals surface area contributed by atoms with Crippen LogP contribution in [0.2, 0.25) is 5.02 Å². The van der Waals surface area contributed by atoms with E-state index in [1.807, 2.05) is 13.0 Å². The predicted molar refractivity (Wildman–Crippen MR) is 87.4 cm³/mol. The molecule has 0 radical (unpaired) electrons. The van der Waals surface area contributed by atoms with Gasteiger partial charge in [0.2, 0.25) is 5.91 Å². The van der Waals surface area contributed by atoms with Crippen LogP contribution in [0, 0.1) is 12.7 Å². The van der Waals surface area contributed by atoms with E-state index in [2.05, 4.69) is 26.6 Å². The molecule has 0 heterocycles. The summed E-state index contributed by atoms with van der Waals surface area (Å²) in [4.78, 5) is 11.8. The van der Waals surface area contributed by atoms with Crippen LogP contribution < -0.4 is 10.6 Å². The zero-order chi connectivity index (χ0) is 15.4. The minimum absolute atomic E-state index is 0.0245. The first-order valence-electron chi connectivity index (χ1n) is 6.20. The molecule has 21 heavy (non-hydrogen) atoms. The monoisotopic (exact) mass is 370 g/mol. The Labute approximate surface area is 135 Å². The average Bonchev–Trinajstić information content (AvgIpc) is 2.43. The molecule has 0 atom stereocenters. The molecule has 2 rings (SSSR count). The second-order valence-electron chi connectivity index (χ2n) is 4.49. The number of anilines is 2. The van der Waals surface area contributed by atoms with Gasteiger partial charge < -0.3 is 10.6 Å². The van der Waals surface area contributed by atoms with Crippen molar-refractivity contribution in [2.24, 2.45) is 0 Å². The molecule has 0 unspecified atom stereocenters. The highest BCUT2D eigenvalue weighted by molar-refractivity contribution is 9.10. The van der Waals surface area contributed by atoms with Crippen molar-refractivity contribution in [1.82, 2.24) is 0 Å². The topological polar surface area (TPSA) is 41.1 Å². The molecule has 0 fully saturated rings. The Hall–Kier alpha value is -1.59. The third-order valence-corrected chi connectivity index (χ3v) is 3.57. The SMILES string of the molecule is Cc1ccc(Cl)cc1NCC(=O)Nc1ccc(Br)cc1F. The van der Waals surface area contributed by atoms with E-state index in [1.165, 1.54) is 12.1 Å². The summed E-state index contributed by atoms with van der Waals surface area (Å²) in [6, 6.07) is 9.83. The van der Waals surface area contributed by atoms with Gasteiger partial charge in [-0.25, -0.2) is 4.39 Å². The normalized spacial score (nSPS) is 10.3. The van der Waals surface area contributed by atoms with Gasteiger partial charge >= 0.3 is 0 Å². The van der Waals surface area contributed by atoms with Gasteiger partial charge in [-0.2, -0.15) is 0 Å². The maximum atomic E-state index is 13.6. The molecule has 0 aliphatic rings. The van der Waals surface area contributed by atoms with Gasteiger partial charge in [-0.3, -0.25) is 4.79 Å². The van der Waals surface area contributed by atoms with Crippen molar-refractivity contribution in [3.05, 3.63) is 57.3 Å². The summed E-state index contributed by atoms with van der Waals surface area (Å²) in [7, 11) is 0. The first kappa shape index (κ1) is 15.8. The van der Waals surface area contributed by atoms with Crippen LogP contribution in [0.4, 0.5) is 15.8 Å². The molecule has 0 aliphatic carbocycles. The molecule has 0 bridgehead atoms. The lowest BCUT2D eigenvalue weighted by Gasteiger charge is -2.11. The number of hydrogen-bond donors (Lipinski definition) is 2. The summed E-state index contributed by atoms with van der Waals surface area (Å²) < 4.78 is 14.2. The third kappa shape index (κ3) is 4.44. The number of rotatable bonds is 4. The van der Waals surface area contributed by atoms with Crippen molar-refractivity contribution in [3.8, 4) is 0 Å². The van der Waals surface area contributed by atoms with Crippen molar-refractivity contribution in [1.29, 1.82) is 0 Å². The number of carbonyl (C=O) groups is 1. The Morgan fingerprint density at radius 3 is 2.71 bits per heavy atom. The summed E-state index contributed by atoms with van der Waals surface area (Å²) >= 11 is 9.06. The van der Waals surface area contributed by atoms with Crippen LogP contribution in [0.5, 0.6) is 0 Å².